The number of oxazole rings is 3. The average molecular weight is 969 g/mol. The third kappa shape index (κ3) is 16.1. The van der Waals surface area contributed by atoms with Crippen molar-refractivity contribution in [2.45, 2.75) is 129 Å². The smallest absolute Gasteiger partial charge is 0.335 e. The van der Waals surface area contributed by atoms with E-state index in [1.807, 2.05) is 39.8 Å². The number of ether oxygens (including phenoxy) is 7. The van der Waals surface area contributed by atoms with Gasteiger partial charge in [0.2, 0.25) is 24.1 Å². The number of ketones is 1. The predicted octanol–water partition coefficient (Wildman–Crippen LogP) is 7.21. The number of nitrogens with zero attached hydrogens (tertiary/aromatic N) is 4. The Bertz CT molecular complexity index is 2150. The van der Waals surface area contributed by atoms with Gasteiger partial charge in [0.25, 0.3) is 0 Å². The van der Waals surface area contributed by atoms with Crippen LogP contribution in [0.2, 0.25) is 0 Å². The van der Waals surface area contributed by atoms with Crippen molar-refractivity contribution in [3.63, 3.8) is 0 Å². The molecule has 0 spiro atoms. The first-order valence-electron chi connectivity index (χ1n) is 23.3. The molecule has 1 amide bonds. The quantitative estimate of drug-likeness (QED) is 0.0923. The van der Waals surface area contributed by atoms with Gasteiger partial charge in [-0.15, -0.1) is 0 Å². The number of cyclic esters (lactones) is 1. The van der Waals surface area contributed by atoms with Crippen molar-refractivity contribution >= 4 is 30.2 Å². The van der Waals surface area contributed by atoms with E-state index in [4.69, 9.17) is 46.4 Å². The standard InChI is InChI=1S/C50H72N4O15/c1-29(19-20-41(69-50(59)34(6)60-8)33(5)46(63-11)30(2)21-22-54(7)28-55)42(62-10)24-43-32(4)40(61-9)17-14-18-44-51-37(26-65-44)48-53-38(27-67-48)49-52-36(25-66-49)47(64-12)31(3)39(57)16-13-15-35(56)23-45(58)68-43/h13-14,16,18,21-22,25-35,40-43,46-47,56H,15,17,19-20,23-24H2,1-12H3. The third-order valence-corrected chi connectivity index (χ3v) is 12.9. The molecule has 1 aliphatic rings. The van der Waals surface area contributed by atoms with Gasteiger partial charge in [-0.3, -0.25) is 14.4 Å². The molecule has 1 aliphatic heterocycles. The van der Waals surface area contributed by atoms with Crippen LogP contribution in [-0.4, -0.2) is 134 Å². The number of hydrogen-bond donors (Lipinski definition) is 1. The summed E-state index contributed by atoms with van der Waals surface area (Å²) in [5.74, 6) is -2.50. The Morgan fingerprint density at radius 2 is 1.54 bits per heavy atom. The molecule has 1 N–H and O–H groups in total. The van der Waals surface area contributed by atoms with Gasteiger partial charge in [0.15, 0.2) is 23.3 Å². The van der Waals surface area contributed by atoms with Gasteiger partial charge < -0.3 is 56.4 Å². The van der Waals surface area contributed by atoms with E-state index in [0.29, 0.717) is 42.8 Å². The molecule has 382 valence electrons. The molecule has 6 bridgehead atoms. The summed E-state index contributed by atoms with van der Waals surface area (Å²) < 4.78 is 58.3. The van der Waals surface area contributed by atoms with Crippen LogP contribution in [-0.2, 0) is 52.3 Å². The fraction of sp³-hybridized carbons (Fsp3) is 0.620. The molecule has 13 unspecified atom stereocenters. The molecule has 0 radical (unpaired) electrons. The van der Waals surface area contributed by atoms with Crippen LogP contribution in [0.5, 0.6) is 0 Å². The summed E-state index contributed by atoms with van der Waals surface area (Å²) >= 11 is 0. The highest BCUT2D eigenvalue weighted by Crippen LogP contribution is 2.33. The minimum Gasteiger partial charge on any atom is -0.462 e. The van der Waals surface area contributed by atoms with E-state index in [1.165, 1.54) is 50.1 Å². The monoisotopic (exact) mass is 968 g/mol. The second kappa shape index (κ2) is 27.8. The second-order valence-electron chi connectivity index (χ2n) is 17.8. The number of carbonyl (C=O) groups excluding carboxylic acids is 4. The summed E-state index contributed by atoms with van der Waals surface area (Å²) in [5.41, 5.74) is 0.993. The Kier molecular flexibility index (Phi) is 22.6. The number of fused-ring (bicyclic) bond motifs is 8. The number of rotatable bonds is 19. The highest BCUT2D eigenvalue weighted by molar-refractivity contribution is 5.92. The highest BCUT2D eigenvalue weighted by Gasteiger charge is 2.36. The summed E-state index contributed by atoms with van der Waals surface area (Å²) in [6.07, 6.45) is 10.8. The first-order chi connectivity index (χ1) is 33.0. The zero-order valence-electron chi connectivity index (χ0n) is 42.0. The minimum atomic E-state index is -1.16. The number of amides is 1. The van der Waals surface area contributed by atoms with Gasteiger partial charge in [-0.25, -0.2) is 19.7 Å². The number of allylic oxidation sites excluding steroid dienone is 1. The number of aliphatic hydroxyl groups excluding tert-OH is 1. The van der Waals surface area contributed by atoms with E-state index < -0.39 is 66.5 Å². The molecular weight excluding hydrogens is 897 g/mol. The number of hydrogen-bond acceptors (Lipinski definition) is 18. The van der Waals surface area contributed by atoms with Crippen LogP contribution in [0.3, 0.4) is 0 Å². The highest BCUT2D eigenvalue weighted by atomic mass is 16.6. The third-order valence-electron chi connectivity index (χ3n) is 12.9. The van der Waals surface area contributed by atoms with Gasteiger partial charge in [0.1, 0.15) is 42.8 Å². The van der Waals surface area contributed by atoms with Crippen LogP contribution in [0.15, 0.2) is 62.5 Å². The summed E-state index contributed by atoms with van der Waals surface area (Å²) in [5, 5.41) is 11.0. The number of methoxy groups -OCH3 is 5. The van der Waals surface area contributed by atoms with Crippen molar-refractivity contribution in [1.29, 1.82) is 0 Å². The van der Waals surface area contributed by atoms with Gasteiger partial charge in [0, 0.05) is 73.0 Å². The number of aromatic nitrogens is 3. The van der Waals surface area contributed by atoms with Crippen molar-refractivity contribution in [2.75, 3.05) is 42.6 Å². The molecule has 0 saturated heterocycles. The van der Waals surface area contributed by atoms with Crippen molar-refractivity contribution in [3.05, 3.63) is 60.9 Å². The normalized spacial score (nSPS) is 24.0. The molecule has 13 atom stereocenters. The Morgan fingerprint density at radius 1 is 0.855 bits per heavy atom. The lowest BCUT2D eigenvalue weighted by atomic mass is 9.83. The van der Waals surface area contributed by atoms with Crippen LogP contribution in [0.25, 0.3) is 29.2 Å². The average Bonchev–Trinajstić information content (AvgIpc) is 4.14. The van der Waals surface area contributed by atoms with Gasteiger partial charge in [0.05, 0.1) is 36.8 Å². The van der Waals surface area contributed by atoms with Crippen LogP contribution >= 0.6 is 0 Å². The topological polar surface area (TPSA) is 234 Å². The van der Waals surface area contributed by atoms with Gasteiger partial charge in [-0.1, -0.05) is 52.8 Å². The first-order valence-corrected chi connectivity index (χ1v) is 23.3. The van der Waals surface area contributed by atoms with Crippen molar-refractivity contribution in [2.24, 2.45) is 29.6 Å². The maximum atomic E-state index is 13.7. The summed E-state index contributed by atoms with van der Waals surface area (Å²) in [6.45, 7) is 11.2. The molecule has 0 saturated carbocycles. The molecule has 3 aromatic heterocycles. The minimum absolute atomic E-state index is 0.00174. The fourth-order valence-corrected chi connectivity index (χ4v) is 8.35. The largest absolute Gasteiger partial charge is 0.462 e. The Labute approximate surface area is 404 Å². The predicted molar refractivity (Wildman–Crippen MR) is 252 cm³/mol. The lowest BCUT2D eigenvalue weighted by molar-refractivity contribution is -0.166. The number of aliphatic hydroxyl groups is 1. The molecule has 0 aromatic carbocycles. The molecule has 69 heavy (non-hydrogen) atoms. The van der Waals surface area contributed by atoms with Crippen molar-refractivity contribution in [1.82, 2.24) is 19.9 Å². The number of carbonyl (C=O) groups is 4. The van der Waals surface area contributed by atoms with Crippen molar-refractivity contribution in [3.8, 4) is 23.2 Å². The van der Waals surface area contributed by atoms with Crippen LogP contribution in [0.1, 0.15) is 97.8 Å². The zero-order valence-corrected chi connectivity index (χ0v) is 42.0. The first kappa shape index (κ1) is 56.3. The maximum absolute atomic E-state index is 13.7. The van der Waals surface area contributed by atoms with Gasteiger partial charge in [-0.2, -0.15) is 0 Å². The lowest BCUT2D eigenvalue weighted by Gasteiger charge is -2.35. The molecule has 19 heteroatoms. The molecule has 3 aromatic rings. The Balaban J connectivity index is 1.60. The van der Waals surface area contributed by atoms with E-state index in [2.05, 4.69) is 15.0 Å². The van der Waals surface area contributed by atoms with E-state index in [1.54, 1.807) is 54.5 Å². The van der Waals surface area contributed by atoms with E-state index >= 15 is 0 Å². The molecule has 0 aliphatic carbocycles. The molecule has 0 fully saturated rings. The second-order valence-corrected chi connectivity index (χ2v) is 17.8. The molecule has 4 rings (SSSR count). The summed E-state index contributed by atoms with van der Waals surface area (Å²) in [7, 11) is 9.31. The van der Waals surface area contributed by atoms with E-state index in [9.17, 15) is 24.3 Å². The van der Waals surface area contributed by atoms with Gasteiger partial charge >= 0.3 is 11.9 Å². The van der Waals surface area contributed by atoms with E-state index in [-0.39, 0.29) is 66.6 Å². The lowest BCUT2D eigenvalue weighted by Crippen LogP contribution is -2.41. The molecule has 19 nitrogen and oxygen atoms in total. The Hall–Kier alpha value is -5.31. The maximum Gasteiger partial charge on any atom is 0.335 e. The van der Waals surface area contributed by atoms with Crippen LogP contribution < -0.4 is 0 Å². The number of esters is 2. The molecule has 4 heterocycles. The summed E-state index contributed by atoms with van der Waals surface area (Å²) in [6, 6.07) is 0. The Morgan fingerprint density at radius 3 is 2.20 bits per heavy atom. The van der Waals surface area contributed by atoms with Crippen molar-refractivity contribution < 1.29 is 70.7 Å². The van der Waals surface area contributed by atoms with E-state index in [0.717, 1.165) is 0 Å². The van der Waals surface area contributed by atoms with Crippen LogP contribution in [0.4, 0.5) is 0 Å². The zero-order chi connectivity index (χ0) is 50.8. The molecular formula is C50H72N4O15. The summed E-state index contributed by atoms with van der Waals surface area (Å²) in [4.78, 5) is 66.3. The van der Waals surface area contributed by atoms with Gasteiger partial charge in [-0.05, 0) is 50.7 Å². The SMILES string of the molecule is COC(C)C(=O)OC(CCC(C)C(CC1OC(=O)CC(O)CC=CC(=O)C(C)C(OC)c2coc(n2)-c2coc(n2)-c2coc(n2)C=CCC(OC)C1C)OC)C(C)C(OC)C(C)C=CN(C)C=O. The fourth-order valence-electron chi connectivity index (χ4n) is 8.35. The van der Waals surface area contributed by atoms with Crippen LogP contribution in [0, 0.1) is 29.6 Å².